The molecule has 9 heteroatoms. The molecular weight excluding hydrogens is 459 g/mol. The Balaban J connectivity index is 0.00000153. The fourth-order valence-electron chi connectivity index (χ4n) is 4.79. The molecule has 2 atom stereocenters. The Labute approximate surface area is 207 Å². The SMILES string of the molecule is Cl.Cl.c1ccc([C@@H]2NCCC[C@@H]2NCc2cc(-n3cnnn3)ccc2OC2CCCC2)cc1. The van der Waals surface area contributed by atoms with Gasteiger partial charge in [-0.1, -0.05) is 30.3 Å². The lowest BCUT2D eigenvalue weighted by molar-refractivity contribution is 0.206. The molecule has 0 radical (unpaired) electrons. The molecule has 7 nitrogen and oxygen atoms in total. The first-order valence-corrected chi connectivity index (χ1v) is 11.4. The van der Waals surface area contributed by atoms with Gasteiger partial charge in [-0.05, 0) is 79.3 Å². The number of halogens is 2. The summed E-state index contributed by atoms with van der Waals surface area (Å²) < 4.78 is 8.11. The third-order valence-corrected chi connectivity index (χ3v) is 6.43. The van der Waals surface area contributed by atoms with E-state index in [0.717, 1.165) is 49.4 Å². The molecule has 2 N–H and O–H groups in total. The molecule has 2 aromatic carbocycles. The number of ether oxygens (including phenoxy) is 1. The molecule has 1 saturated heterocycles. The van der Waals surface area contributed by atoms with E-state index in [9.17, 15) is 0 Å². The van der Waals surface area contributed by atoms with Crippen molar-refractivity contribution >= 4 is 24.8 Å². The molecule has 5 rings (SSSR count). The second-order valence-electron chi connectivity index (χ2n) is 8.54. The van der Waals surface area contributed by atoms with E-state index in [-0.39, 0.29) is 24.8 Å². The van der Waals surface area contributed by atoms with Crippen LogP contribution in [0.25, 0.3) is 5.69 Å². The zero-order valence-corrected chi connectivity index (χ0v) is 20.2. The highest BCUT2D eigenvalue weighted by molar-refractivity contribution is 5.85. The lowest BCUT2D eigenvalue weighted by Gasteiger charge is -2.34. The lowest BCUT2D eigenvalue weighted by Crippen LogP contribution is -2.45. The normalized spacial score (nSPS) is 20.6. The summed E-state index contributed by atoms with van der Waals surface area (Å²) >= 11 is 0. The van der Waals surface area contributed by atoms with Gasteiger partial charge in [0.25, 0.3) is 0 Å². The highest BCUT2D eigenvalue weighted by atomic mass is 35.5. The van der Waals surface area contributed by atoms with Gasteiger partial charge in [-0.15, -0.1) is 29.9 Å². The van der Waals surface area contributed by atoms with E-state index in [1.54, 1.807) is 11.0 Å². The van der Waals surface area contributed by atoms with Crippen LogP contribution in [0, 0.1) is 0 Å². The number of rotatable bonds is 7. The van der Waals surface area contributed by atoms with Crippen molar-refractivity contribution < 1.29 is 4.74 Å². The maximum Gasteiger partial charge on any atom is 0.143 e. The van der Waals surface area contributed by atoms with Crippen LogP contribution in [0.3, 0.4) is 0 Å². The lowest BCUT2D eigenvalue weighted by atomic mass is 9.92. The highest BCUT2D eigenvalue weighted by Crippen LogP contribution is 2.29. The maximum atomic E-state index is 6.41. The van der Waals surface area contributed by atoms with Crippen LogP contribution in [0.15, 0.2) is 54.9 Å². The molecule has 3 aromatic rings. The summed E-state index contributed by atoms with van der Waals surface area (Å²) in [6, 6.07) is 17.7. The zero-order chi connectivity index (χ0) is 20.9. The maximum absolute atomic E-state index is 6.41. The molecule has 0 spiro atoms. The third kappa shape index (κ3) is 6.23. The molecule has 0 bridgehead atoms. The largest absolute Gasteiger partial charge is 0.490 e. The number of benzene rings is 2. The van der Waals surface area contributed by atoms with Crippen LogP contribution in [0.4, 0.5) is 0 Å². The Morgan fingerprint density at radius 1 is 1.00 bits per heavy atom. The van der Waals surface area contributed by atoms with E-state index in [1.165, 1.54) is 24.8 Å². The van der Waals surface area contributed by atoms with Crippen molar-refractivity contribution in [1.29, 1.82) is 0 Å². The molecule has 2 heterocycles. The van der Waals surface area contributed by atoms with Crippen LogP contribution in [0.5, 0.6) is 5.75 Å². The molecule has 1 saturated carbocycles. The van der Waals surface area contributed by atoms with Gasteiger partial charge < -0.3 is 15.4 Å². The first-order chi connectivity index (χ1) is 15.4. The Kier molecular flexibility index (Phi) is 9.50. The minimum absolute atomic E-state index is 0. The van der Waals surface area contributed by atoms with Crippen molar-refractivity contribution in [3.05, 3.63) is 66.0 Å². The first kappa shape index (κ1) is 25.4. The minimum atomic E-state index is 0. The number of tetrazole rings is 1. The van der Waals surface area contributed by atoms with Gasteiger partial charge in [-0.25, -0.2) is 4.68 Å². The molecule has 2 fully saturated rings. The molecular formula is C24H32Cl2N6O. The van der Waals surface area contributed by atoms with Crippen LogP contribution in [0.1, 0.15) is 55.7 Å². The van der Waals surface area contributed by atoms with Crippen LogP contribution < -0.4 is 15.4 Å². The molecule has 1 aliphatic heterocycles. The number of nitrogens with zero attached hydrogens (tertiary/aromatic N) is 4. The number of nitrogens with one attached hydrogen (secondary N) is 2. The van der Waals surface area contributed by atoms with Crippen LogP contribution in [0.2, 0.25) is 0 Å². The molecule has 33 heavy (non-hydrogen) atoms. The Morgan fingerprint density at radius 2 is 1.82 bits per heavy atom. The summed E-state index contributed by atoms with van der Waals surface area (Å²) in [5, 5.41) is 19.1. The summed E-state index contributed by atoms with van der Waals surface area (Å²) in [5.74, 6) is 0.969. The summed E-state index contributed by atoms with van der Waals surface area (Å²) in [6.45, 7) is 1.80. The fourth-order valence-corrected chi connectivity index (χ4v) is 4.79. The summed E-state index contributed by atoms with van der Waals surface area (Å²) in [6.07, 6.45) is 9.08. The van der Waals surface area contributed by atoms with Crippen molar-refractivity contribution in [3.8, 4) is 11.4 Å². The van der Waals surface area contributed by atoms with E-state index < -0.39 is 0 Å². The quantitative estimate of drug-likeness (QED) is 0.510. The van der Waals surface area contributed by atoms with E-state index in [4.69, 9.17) is 4.74 Å². The standard InChI is InChI=1S/C24H30N6O.2ClH/c1-2-7-18(8-3-1)24-22(11-6-14-25-24)26-16-19-15-20(30-17-27-28-29-30)12-13-23(19)31-21-9-4-5-10-21;;/h1-3,7-8,12-13,15,17,21-22,24-26H,4-6,9-11,14,16H2;2*1H/t22-,24-;;/m0../s1. The van der Waals surface area contributed by atoms with Gasteiger partial charge in [0, 0.05) is 24.2 Å². The second kappa shape index (κ2) is 12.3. The molecule has 0 unspecified atom stereocenters. The predicted octanol–water partition coefficient (Wildman–Crippen LogP) is 4.41. The summed E-state index contributed by atoms with van der Waals surface area (Å²) in [5.41, 5.74) is 3.43. The zero-order valence-electron chi connectivity index (χ0n) is 18.6. The predicted molar refractivity (Wildman–Crippen MR) is 134 cm³/mol. The molecule has 0 amide bonds. The first-order valence-electron chi connectivity index (χ1n) is 11.4. The number of aromatic nitrogens is 4. The smallest absolute Gasteiger partial charge is 0.143 e. The molecule has 2 aliphatic rings. The average Bonchev–Trinajstić information content (AvgIpc) is 3.54. The third-order valence-electron chi connectivity index (χ3n) is 6.43. The minimum Gasteiger partial charge on any atom is -0.490 e. The second-order valence-corrected chi connectivity index (χ2v) is 8.54. The van der Waals surface area contributed by atoms with Gasteiger partial charge in [0.2, 0.25) is 0 Å². The molecule has 1 aliphatic carbocycles. The average molecular weight is 491 g/mol. The fraction of sp³-hybridized carbons (Fsp3) is 0.458. The van der Waals surface area contributed by atoms with Gasteiger partial charge in [0.15, 0.2) is 0 Å². The van der Waals surface area contributed by atoms with E-state index in [0.29, 0.717) is 18.2 Å². The number of piperidine rings is 1. The Bertz CT molecular complexity index is 966. The Hall–Kier alpha value is -2.19. The van der Waals surface area contributed by atoms with Crippen molar-refractivity contribution in [2.24, 2.45) is 0 Å². The summed E-state index contributed by atoms with van der Waals surface area (Å²) in [7, 11) is 0. The van der Waals surface area contributed by atoms with E-state index >= 15 is 0 Å². The van der Waals surface area contributed by atoms with Crippen LogP contribution >= 0.6 is 24.8 Å². The van der Waals surface area contributed by atoms with Gasteiger partial charge in [0.1, 0.15) is 12.1 Å². The van der Waals surface area contributed by atoms with E-state index in [1.807, 2.05) is 6.07 Å². The van der Waals surface area contributed by atoms with Crippen molar-refractivity contribution in [1.82, 2.24) is 30.8 Å². The van der Waals surface area contributed by atoms with Gasteiger partial charge in [-0.3, -0.25) is 0 Å². The monoisotopic (exact) mass is 490 g/mol. The van der Waals surface area contributed by atoms with Gasteiger partial charge >= 0.3 is 0 Å². The van der Waals surface area contributed by atoms with Crippen molar-refractivity contribution in [3.63, 3.8) is 0 Å². The Morgan fingerprint density at radius 3 is 2.58 bits per heavy atom. The topological polar surface area (TPSA) is 76.9 Å². The molecule has 1 aromatic heterocycles. The van der Waals surface area contributed by atoms with Crippen LogP contribution in [-0.2, 0) is 6.54 Å². The summed E-state index contributed by atoms with van der Waals surface area (Å²) in [4.78, 5) is 0. The number of hydrogen-bond donors (Lipinski definition) is 2. The molecule has 178 valence electrons. The van der Waals surface area contributed by atoms with Crippen molar-refractivity contribution in [2.45, 2.75) is 63.3 Å². The van der Waals surface area contributed by atoms with Gasteiger partial charge in [-0.2, -0.15) is 0 Å². The van der Waals surface area contributed by atoms with E-state index in [2.05, 4.69) is 68.6 Å². The van der Waals surface area contributed by atoms with Crippen LogP contribution in [-0.4, -0.2) is 38.9 Å². The van der Waals surface area contributed by atoms with Crippen molar-refractivity contribution in [2.75, 3.05) is 6.54 Å². The highest BCUT2D eigenvalue weighted by Gasteiger charge is 2.26. The number of hydrogen-bond acceptors (Lipinski definition) is 6. The van der Waals surface area contributed by atoms with Gasteiger partial charge in [0.05, 0.1) is 11.8 Å².